The molecule has 0 fully saturated rings. The molecule has 2 aromatic heterocycles. The SMILES string of the molecule is C[C@H](Sc1nnc(-c2ccco2)n1N)C(=O)Nc1c(Cl)cccc1Cl. The molecule has 0 unspecified atom stereocenters. The van der Waals surface area contributed by atoms with E-state index in [-0.39, 0.29) is 5.91 Å². The van der Waals surface area contributed by atoms with Crippen LogP contribution in [0.3, 0.4) is 0 Å². The Morgan fingerprint density at radius 2 is 2.00 bits per heavy atom. The Hall–Kier alpha value is -2.16. The third kappa shape index (κ3) is 3.76. The second kappa shape index (κ2) is 7.38. The summed E-state index contributed by atoms with van der Waals surface area (Å²) in [5.41, 5.74) is 0.369. The van der Waals surface area contributed by atoms with Gasteiger partial charge in [0.25, 0.3) is 0 Å². The minimum Gasteiger partial charge on any atom is -0.461 e. The zero-order valence-corrected chi connectivity index (χ0v) is 15.3. The highest BCUT2D eigenvalue weighted by Gasteiger charge is 2.22. The Balaban J connectivity index is 1.72. The van der Waals surface area contributed by atoms with Crippen LogP contribution in [-0.4, -0.2) is 26.0 Å². The fraction of sp³-hybridized carbons (Fsp3) is 0.133. The van der Waals surface area contributed by atoms with Crippen LogP contribution in [0.15, 0.2) is 46.2 Å². The maximum atomic E-state index is 12.4. The van der Waals surface area contributed by atoms with Crippen LogP contribution < -0.4 is 11.2 Å². The normalized spacial score (nSPS) is 12.1. The molecule has 2 heterocycles. The van der Waals surface area contributed by atoms with Gasteiger partial charge in [0, 0.05) is 0 Å². The standard InChI is InChI=1S/C15H13Cl2N5O2S/c1-8(14(23)19-12-9(16)4-2-5-10(12)17)25-15-21-20-13(22(15)18)11-6-3-7-24-11/h2-8H,18H2,1H3,(H,19,23)/t8-/m0/s1. The molecule has 3 N–H and O–H groups in total. The van der Waals surface area contributed by atoms with E-state index in [2.05, 4.69) is 15.5 Å². The Labute approximate surface area is 157 Å². The number of nitrogens with one attached hydrogen (secondary N) is 1. The molecule has 3 rings (SSSR count). The van der Waals surface area contributed by atoms with Gasteiger partial charge in [-0.2, -0.15) is 0 Å². The summed E-state index contributed by atoms with van der Waals surface area (Å²) in [6.07, 6.45) is 1.51. The van der Waals surface area contributed by atoms with E-state index >= 15 is 0 Å². The molecule has 0 bridgehead atoms. The smallest absolute Gasteiger partial charge is 0.237 e. The zero-order chi connectivity index (χ0) is 18.0. The number of benzene rings is 1. The van der Waals surface area contributed by atoms with E-state index in [1.807, 2.05) is 0 Å². The minimum absolute atomic E-state index is 0.289. The van der Waals surface area contributed by atoms with Crippen molar-refractivity contribution in [3.05, 3.63) is 46.6 Å². The molecule has 25 heavy (non-hydrogen) atoms. The van der Waals surface area contributed by atoms with Gasteiger partial charge >= 0.3 is 0 Å². The van der Waals surface area contributed by atoms with Gasteiger partial charge in [-0.3, -0.25) is 4.79 Å². The quantitative estimate of drug-likeness (QED) is 0.503. The summed E-state index contributed by atoms with van der Waals surface area (Å²) in [6.45, 7) is 1.71. The largest absolute Gasteiger partial charge is 0.461 e. The number of hydrogen-bond acceptors (Lipinski definition) is 6. The number of furan rings is 1. The van der Waals surface area contributed by atoms with Crippen molar-refractivity contribution < 1.29 is 9.21 Å². The predicted octanol–water partition coefficient (Wildman–Crippen LogP) is 3.68. The third-order valence-corrected chi connectivity index (χ3v) is 4.96. The molecule has 0 aliphatic carbocycles. The molecule has 0 aliphatic rings. The fourth-order valence-electron chi connectivity index (χ4n) is 1.98. The molecule has 1 aromatic carbocycles. The molecule has 0 saturated heterocycles. The first-order chi connectivity index (χ1) is 12.0. The topological polar surface area (TPSA) is 99.0 Å². The van der Waals surface area contributed by atoms with Gasteiger partial charge in [-0.15, -0.1) is 10.2 Å². The number of rotatable bonds is 5. The first-order valence-corrected chi connectivity index (χ1v) is 8.77. The average molecular weight is 398 g/mol. The first-order valence-electron chi connectivity index (χ1n) is 7.13. The second-order valence-corrected chi connectivity index (χ2v) is 7.12. The number of amides is 1. The lowest BCUT2D eigenvalue weighted by Crippen LogP contribution is -2.24. The minimum atomic E-state index is -0.511. The Bertz CT molecular complexity index is 877. The summed E-state index contributed by atoms with van der Waals surface area (Å²) in [4.78, 5) is 12.4. The van der Waals surface area contributed by atoms with Crippen LogP contribution in [0.2, 0.25) is 10.0 Å². The van der Waals surface area contributed by atoms with Crippen molar-refractivity contribution in [1.82, 2.24) is 14.9 Å². The van der Waals surface area contributed by atoms with Crippen LogP contribution >= 0.6 is 35.0 Å². The van der Waals surface area contributed by atoms with Crippen molar-refractivity contribution in [2.24, 2.45) is 0 Å². The molecule has 0 radical (unpaired) electrons. The maximum Gasteiger partial charge on any atom is 0.237 e. The molecular formula is C15H13Cl2N5O2S. The third-order valence-electron chi connectivity index (χ3n) is 3.27. The van der Waals surface area contributed by atoms with Crippen molar-refractivity contribution in [2.75, 3.05) is 11.2 Å². The summed E-state index contributed by atoms with van der Waals surface area (Å²) in [5, 5.41) is 11.3. The zero-order valence-electron chi connectivity index (χ0n) is 12.9. The summed E-state index contributed by atoms with van der Waals surface area (Å²) in [6, 6.07) is 8.43. The molecule has 0 spiro atoms. The van der Waals surface area contributed by atoms with Crippen LogP contribution in [0.25, 0.3) is 11.6 Å². The van der Waals surface area contributed by atoms with E-state index in [0.29, 0.717) is 32.5 Å². The summed E-state index contributed by atoms with van der Waals surface area (Å²) in [7, 11) is 0. The number of carbonyl (C=O) groups excluding carboxylic acids is 1. The molecule has 0 saturated carbocycles. The summed E-state index contributed by atoms with van der Waals surface area (Å²) >= 11 is 13.3. The average Bonchev–Trinajstić information content (AvgIpc) is 3.21. The van der Waals surface area contributed by atoms with Crippen molar-refractivity contribution >= 4 is 46.6 Å². The number of para-hydroxylation sites is 1. The molecule has 7 nitrogen and oxygen atoms in total. The second-order valence-electron chi connectivity index (χ2n) is 5.00. The first kappa shape index (κ1) is 17.7. The van der Waals surface area contributed by atoms with Crippen molar-refractivity contribution in [1.29, 1.82) is 0 Å². The number of carbonyl (C=O) groups is 1. The number of nitrogens with zero attached hydrogens (tertiary/aromatic N) is 3. The lowest BCUT2D eigenvalue weighted by atomic mass is 10.3. The Morgan fingerprint density at radius 3 is 2.64 bits per heavy atom. The van der Waals surface area contributed by atoms with Crippen LogP contribution in [0.4, 0.5) is 5.69 Å². The molecule has 130 valence electrons. The molecule has 1 amide bonds. The highest BCUT2D eigenvalue weighted by Crippen LogP contribution is 2.31. The van der Waals surface area contributed by atoms with Gasteiger partial charge < -0.3 is 15.6 Å². The van der Waals surface area contributed by atoms with E-state index in [1.165, 1.54) is 10.9 Å². The van der Waals surface area contributed by atoms with E-state index in [4.69, 9.17) is 33.5 Å². The number of hydrogen-bond donors (Lipinski definition) is 2. The number of nitrogen functional groups attached to an aromatic ring is 1. The van der Waals surface area contributed by atoms with Gasteiger partial charge in [0.15, 0.2) is 5.76 Å². The van der Waals surface area contributed by atoms with Gasteiger partial charge in [-0.1, -0.05) is 41.0 Å². The Kier molecular flexibility index (Phi) is 5.22. The van der Waals surface area contributed by atoms with Crippen LogP contribution in [-0.2, 0) is 4.79 Å². The highest BCUT2D eigenvalue weighted by molar-refractivity contribution is 8.00. The molecule has 1 atom stereocenters. The highest BCUT2D eigenvalue weighted by atomic mass is 35.5. The van der Waals surface area contributed by atoms with Crippen molar-refractivity contribution in [3.8, 4) is 11.6 Å². The fourth-order valence-corrected chi connectivity index (χ4v) is 3.25. The van der Waals surface area contributed by atoms with Gasteiger partial charge in [-0.25, -0.2) is 4.68 Å². The number of halogens is 2. The number of anilines is 1. The Morgan fingerprint density at radius 1 is 1.28 bits per heavy atom. The number of thioether (sulfide) groups is 1. The van der Waals surface area contributed by atoms with Crippen LogP contribution in [0.1, 0.15) is 6.92 Å². The van der Waals surface area contributed by atoms with E-state index in [1.54, 1.807) is 37.3 Å². The lowest BCUT2D eigenvalue weighted by molar-refractivity contribution is -0.115. The molecule has 10 heteroatoms. The maximum absolute atomic E-state index is 12.4. The van der Waals surface area contributed by atoms with Crippen LogP contribution in [0.5, 0.6) is 0 Å². The number of aromatic nitrogens is 3. The van der Waals surface area contributed by atoms with Crippen molar-refractivity contribution in [3.63, 3.8) is 0 Å². The molecular weight excluding hydrogens is 385 g/mol. The van der Waals surface area contributed by atoms with Crippen molar-refractivity contribution in [2.45, 2.75) is 17.3 Å². The summed E-state index contributed by atoms with van der Waals surface area (Å²) in [5.74, 6) is 6.55. The van der Waals surface area contributed by atoms with Gasteiger partial charge in [-0.05, 0) is 31.2 Å². The van der Waals surface area contributed by atoms with Gasteiger partial charge in [0.1, 0.15) is 0 Å². The van der Waals surface area contributed by atoms with Gasteiger partial charge in [0.05, 0.1) is 27.2 Å². The summed E-state index contributed by atoms with van der Waals surface area (Å²) < 4.78 is 6.52. The molecule has 3 aromatic rings. The predicted molar refractivity (Wildman–Crippen MR) is 98.3 cm³/mol. The van der Waals surface area contributed by atoms with E-state index < -0.39 is 5.25 Å². The number of nitrogens with two attached hydrogens (primary N) is 1. The van der Waals surface area contributed by atoms with E-state index in [0.717, 1.165) is 11.8 Å². The van der Waals surface area contributed by atoms with Crippen LogP contribution in [0, 0.1) is 0 Å². The van der Waals surface area contributed by atoms with Gasteiger partial charge in [0.2, 0.25) is 16.9 Å². The lowest BCUT2D eigenvalue weighted by Gasteiger charge is -2.13. The monoisotopic (exact) mass is 397 g/mol. The molecule has 0 aliphatic heterocycles. The van der Waals surface area contributed by atoms with E-state index in [9.17, 15) is 4.79 Å².